The van der Waals surface area contributed by atoms with Crippen molar-refractivity contribution in [2.75, 3.05) is 17.7 Å². The number of ether oxygens (including phenoxy) is 1. The number of halogens is 2. The van der Waals surface area contributed by atoms with E-state index in [1.165, 1.54) is 7.11 Å². The fraction of sp³-hybridized carbons (Fsp3) is 0.0833. The van der Waals surface area contributed by atoms with Crippen molar-refractivity contribution >= 4 is 45.1 Å². The Labute approximate surface area is 123 Å². The van der Waals surface area contributed by atoms with Gasteiger partial charge in [0.15, 0.2) is 4.67 Å². The average molecular weight is 346 g/mol. The number of benzene rings is 1. The van der Waals surface area contributed by atoms with Crippen LogP contribution in [0.1, 0.15) is 0 Å². The molecule has 0 aliphatic rings. The molecule has 100 valence electrons. The van der Waals surface area contributed by atoms with Crippen LogP contribution in [0.2, 0.25) is 5.02 Å². The van der Waals surface area contributed by atoms with Gasteiger partial charge < -0.3 is 14.5 Å². The summed E-state index contributed by atoms with van der Waals surface area (Å²) in [6, 6.07) is 7.78. The highest BCUT2D eigenvalue weighted by Crippen LogP contribution is 2.28. The van der Waals surface area contributed by atoms with Crippen LogP contribution in [0, 0.1) is 0 Å². The first-order valence-electron chi connectivity index (χ1n) is 5.25. The van der Waals surface area contributed by atoms with E-state index in [2.05, 4.69) is 26.6 Å². The average Bonchev–Trinajstić information content (AvgIpc) is 2.75. The number of methoxy groups -OCH3 is 1. The fourth-order valence-electron chi connectivity index (χ4n) is 1.42. The molecule has 0 radical (unpaired) electrons. The molecule has 1 heterocycles. The predicted molar refractivity (Wildman–Crippen MR) is 77.1 cm³/mol. The molecular formula is C12H10BrClN2O3. The summed E-state index contributed by atoms with van der Waals surface area (Å²) in [6.07, 6.45) is 0. The Kier molecular flexibility index (Phi) is 4.34. The molecule has 2 rings (SSSR count). The Morgan fingerprint density at radius 2 is 2.11 bits per heavy atom. The van der Waals surface area contributed by atoms with Crippen molar-refractivity contribution in [1.29, 1.82) is 0 Å². The number of hydrogen-bond donors (Lipinski definition) is 2. The lowest BCUT2D eigenvalue weighted by atomic mass is 10.3. The molecule has 1 aromatic carbocycles. The summed E-state index contributed by atoms with van der Waals surface area (Å²) in [5.41, 5.74) is 0.470. The molecule has 0 unspecified atom stereocenters. The first kappa shape index (κ1) is 13.8. The number of rotatable bonds is 3. The lowest BCUT2D eigenvalue weighted by molar-refractivity contribution is 0.261. The Morgan fingerprint density at radius 3 is 2.74 bits per heavy atom. The normalized spacial score (nSPS) is 10.1. The van der Waals surface area contributed by atoms with Crippen molar-refractivity contribution in [3.8, 4) is 5.75 Å². The van der Waals surface area contributed by atoms with Crippen molar-refractivity contribution in [3.63, 3.8) is 0 Å². The van der Waals surface area contributed by atoms with Gasteiger partial charge in [0.1, 0.15) is 5.75 Å². The molecule has 19 heavy (non-hydrogen) atoms. The smallest absolute Gasteiger partial charge is 0.326 e. The van der Waals surface area contributed by atoms with Crippen LogP contribution in [0.3, 0.4) is 0 Å². The maximum atomic E-state index is 11.8. The van der Waals surface area contributed by atoms with Gasteiger partial charge in [-0.15, -0.1) is 0 Å². The standard InChI is InChI=1S/C12H10BrClN2O3/c1-18-9-3-2-7(14)6-8(9)15-12(17)16-11-5-4-10(13)19-11/h2-6H,1H3,(H2,15,16,17). The van der Waals surface area contributed by atoms with Gasteiger partial charge in [-0.2, -0.15) is 0 Å². The van der Waals surface area contributed by atoms with Gasteiger partial charge in [0.05, 0.1) is 12.8 Å². The molecule has 7 heteroatoms. The highest BCUT2D eigenvalue weighted by molar-refractivity contribution is 9.10. The maximum Gasteiger partial charge on any atom is 0.326 e. The van der Waals surface area contributed by atoms with Gasteiger partial charge in [0, 0.05) is 11.1 Å². The van der Waals surface area contributed by atoms with Crippen molar-refractivity contribution in [1.82, 2.24) is 0 Å². The third-order valence-corrected chi connectivity index (χ3v) is 2.88. The molecule has 2 aromatic rings. The quantitative estimate of drug-likeness (QED) is 0.869. The van der Waals surface area contributed by atoms with Crippen LogP contribution in [-0.2, 0) is 0 Å². The third kappa shape index (κ3) is 3.65. The number of anilines is 2. The Morgan fingerprint density at radius 1 is 1.32 bits per heavy atom. The van der Waals surface area contributed by atoms with Gasteiger partial charge >= 0.3 is 6.03 Å². The summed E-state index contributed by atoms with van der Waals surface area (Å²) in [7, 11) is 1.51. The largest absolute Gasteiger partial charge is 0.495 e. The number of furan rings is 1. The van der Waals surface area contributed by atoms with Crippen LogP contribution < -0.4 is 15.4 Å². The monoisotopic (exact) mass is 344 g/mol. The zero-order valence-corrected chi connectivity index (χ0v) is 12.2. The number of hydrogen-bond acceptors (Lipinski definition) is 3. The van der Waals surface area contributed by atoms with E-state index in [1.807, 2.05) is 0 Å². The van der Waals surface area contributed by atoms with Gasteiger partial charge in [-0.25, -0.2) is 4.79 Å². The second kappa shape index (κ2) is 5.99. The van der Waals surface area contributed by atoms with Crippen LogP contribution in [-0.4, -0.2) is 13.1 Å². The van der Waals surface area contributed by atoms with E-state index in [0.29, 0.717) is 27.0 Å². The first-order valence-corrected chi connectivity index (χ1v) is 6.42. The van der Waals surface area contributed by atoms with E-state index in [9.17, 15) is 4.79 Å². The van der Waals surface area contributed by atoms with Crippen molar-refractivity contribution in [2.24, 2.45) is 0 Å². The topological polar surface area (TPSA) is 63.5 Å². The minimum absolute atomic E-state index is 0.324. The van der Waals surface area contributed by atoms with E-state index >= 15 is 0 Å². The fourth-order valence-corrected chi connectivity index (χ4v) is 1.90. The van der Waals surface area contributed by atoms with E-state index in [1.54, 1.807) is 30.3 Å². The zero-order chi connectivity index (χ0) is 13.8. The van der Waals surface area contributed by atoms with Gasteiger partial charge in [-0.1, -0.05) is 11.6 Å². The minimum atomic E-state index is -0.456. The summed E-state index contributed by atoms with van der Waals surface area (Å²) in [4.78, 5) is 11.8. The third-order valence-electron chi connectivity index (χ3n) is 2.22. The van der Waals surface area contributed by atoms with E-state index in [-0.39, 0.29) is 0 Å². The molecule has 2 amide bonds. The molecule has 1 aromatic heterocycles. The van der Waals surface area contributed by atoms with Gasteiger partial charge in [-0.3, -0.25) is 5.32 Å². The van der Waals surface area contributed by atoms with Crippen LogP contribution >= 0.6 is 27.5 Å². The molecule has 0 spiro atoms. The molecule has 0 fully saturated rings. The second-order valence-electron chi connectivity index (χ2n) is 3.53. The lowest BCUT2D eigenvalue weighted by Crippen LogP contribution is -2.19. The highest BCUT2D eigenvalue weighted by Gasteiger charge is 2.09. The van der Waals surface area contributed by atoms with Crippen LogP contribution in [0.15, 0.2) is 39.4 Å². The number of urea groups is 1. The van der Waals surface area contributed by atoms with Crippen LogP contribution in [0.25, 0.3) is 0 Å². The first-order chi connectivity index (χ1) is 9.08. The molecule has 0 atom stereocenters. The van der Waals surface area contributed by atoms with Crippen LogP contribution in [0.4, 0.5) is 16.4 Å². The van der Waals surface area contributed by atoms with E-state index in [0.717, 1.165) is 0 Å². The zero-order valence-electron chi connectivity index (χ0n) is 9.87. The van der Waals surface area contributed by atoms with Gasteiger partial charge in [0.2, 0.25) is 5.88 Å². The number of nitrogens with one attached hydrogen (secondary N) is 2. The predicted octanol–water partition coefficient (Wildman–Crippen LogP) is 4.35. The van der Waals surface area contributed by atoms with Gasteiger partial charge in [-0.05, 0) is 40.2 Å². The summed E-state index contributed by atoms with van der Waals surface area (Å²) >= 11 is 9.01. The summed E-state index contributed by atoms with van der Waals surface area (Å²) < 4.78 is 10.8. The summed E-state index contributed by atoms with van der Waals surface area (Å²) in [5, 5.41) is 5.66. The summed E-state index contributed by atoms with van der Waals surface area (Å²) in [5.74, 6) is 0.838. The maximum absolute atomic E-state index is 11.8. The Bertz CT molecular complexity index is 600. The molecule has 2 N–H and O–H groups in total. The Hall–Kier alpha value is -1.66. The van der Waals surface area contributed by atoms with Crippen molar-refractivity contribution in [2.45, 2.75) is 0 Å². The molecule has 0 saturated carbocycles. The molecule has 0 aliphatic carbocycles. The number of carbonyl (C=O) groups excluding carboxylic acids is 1. The SMILES string of the molecule is COc1ccc(Cl)cc1NC(=O)Nc1ccc(Br)o1. The summed E-state index contributed by atoms with van der Waals surface area (Å²) in [6.45, 7) is 0. The molecule has 5 nitrogen and oxygen atoms in total. The Balaban J connectivity index is 2.08. The van der Waals surface area contributed by atoms with Crippen molar-refractivity contribution in [3.05, 3.63) is 40.0 Å². The minimum Gasteiger partial charge on any atom is -0.495 e. The highest BCUT2D eigenvalue weighted by atomic mass is 79.9. The van der Waals surface area contributed by atoms with Crippen molar-refractivity contribution < 1.29 is 13.9 Å². The van der Waals surface area contributed by atoms with E-state index in [4.69, 9.17) is 20.8 Å². The van der Waals surface area contributed by atoms with Crippen LogP contribution in [0.5, 0.6) is 5.75 Å². The number of amides is 2. The number of carbonyl (C=O) groups is 1. The van der Waals surface area contributed by atoms with E-state index < -0.39 is 6.03 Å². The van der Waals surface area contributed by atoms with Gasteiger partial charge in [0.25, 0.3) is 0 Å². The molecule has 0 saturated heterocycles. The molecule has 0 bridgehead atoms. The molecule has 0 aliphatic heterocycles. The molecular weight excluding hydrogens is 336 g/mol. The lowest BCUT2D eigenvalue weighted by Gasteiger charge is -2.10. The second-order valence-corrected chi connectivity index (χ2v) is 4.75.